The maximum absolute atomic E-state index is 12.1. The average Bonchev–Trinajstić information content (AvgIpc) is 3.12. The second-order valence-electron chi connectivity index (χ2n) is 5.55. The first-order valence-electron chi connectivity index (χ1n) is 8.14. The highest BCUT2D eigenvalue weighted by molar-refractivity contribution is 5.92. The third-order valence-electron chi connectivity index (χ3n) is 3.77. The molecule has 3 rings (SSSR count). The molecule has 0 saturated heterocycles. The molecule has 0 atom stereocenters. The molecule has 25 heavy (non-hydrogen) atoms. The quantitative estimate of drug-likeness (QED) is 0.742. The van der Waals surface area contributed by atoms with Crippen LogP contribution in [-0.2, 0) is 12.8 Å². The summed E-state index contributed by atoms with van der Waals surface area (Å²) in [6, 6.07) is 5.49. The van der Waals surface area contributed by atoms with E-state index in [0.29, 0.717) is 36.7 Å². The lowest BCUT2D eigenvalue weighted by Crippen LogP contribution is -2.26. The smallest absolute Gasteiger partial charge is 0.273 e. The molecule has 1 amide bonds. The lowest BCUT2D eigenvalue weighted by Gasteiger charge is -2.09. The number of carbonyl (C=O) groups excluding carboxylic acids is 1. The molecule has 0 aliphatic heterocycles. The number of hydrogen-bond acceptors (Lipinski definition) is 6. The minimum absolute atomic E-state index is 0.250. The third kappa shape index (κ3) is 4.06. The van der Waals surface area contributed by atoms with Gasteiger partial charge in [0.2, 0.25) is 0 Å². The lowest BCUT2D eigenvalue weighted by atomic mass is 10.1. The number of carbonyl (C=O) groups is 1. The molecule has 0 saturated carbocycles. The zero-order valence-electron chi connectivity index (χ0n) is 14.2. The molecule has 7 heteroatoms. The third-order valence-corrected chi connectivity index (χ3v) is 3.77. The van der Waals surface area contributed by atoms with E-state index in [0.717, 1.165) is 16.8 Å². The van der Waals surface area contributed by atoms with E-state index in [1.165, 1.54) is 0 Å². The van der Waals surface area contributed by atoms with E-state index in [1.54, 1.807) is 24.7 Å². The summed E-state index contributed by atoms with van der Waals surface area (Å²) < 4.78 is 5.05. The van der Waals surface area contributed by atoms with E-state index in [2.05, 4.69) is 25.4 Å². The molecule has 0 aliphatic carbocycles. The first kappa shape index (κ1) is 16.8. The summed E-state index contributed by atoms with van der Waals surface area (Å²) in [5, 5.41) is 6.62. The summed E-state index contributed by atoms with van der Waals surface area (Å²) in [6.07, 6.45) is 6.56. The maximum atomic E-state index is 12.1. The predicted molar refractivity (Wildman–Crippen MR) is 91.9 cm³/mol. The van der Waals surface area contributed by atoms with Crippen molar-refractivity contribution in [2.24, 2.45) is 0 Å². The highest BCUT2D eigenvalue weighted by Crippen LogP contribution is 2.21. The fraction of sp³-hybridized carbons (Fsp3) is 0.278. The minimum atomic E-state index is -0.250. The van der Waals surface area contributed by atoms with E-state index in [4.69, 9.17) is 4.52 Å². The lowest BCUT2D eigenvalue weighted by molar-refractivity contribution is 0.0945. The molecule has 0 radical (unpaired) electrons. The number of hydrogen-bond donors (Lipinski definition) is 1. The Kier molecular flexibility index (Phi) is 5.13. The van der Waals surface area contributed by atoms with Gasteiger partial charge >= 0.3 is 0 Å². The highest BCUT2D eigenvalue weighted by Gasteiger charge is 2.13. The Labute approximate surface area is 145 Å². The SMILES string of the molecule is CCc1cc(C(=O)NCCc2nc(C)ncc2-c2ccncc2)no1. The Hall–Kier alpha value is -3.09. The van der Waals surface area contributed by atoms with Crippen LogP contribution in [0.15, 0.2) is 41.3 Å². The Balaban J connectivity index is 1.68. The molecule has 3 aromatic heterocycles. The van der Waals surface area contributed by atoms with Gasteiger partial charge < -0.3 is 9.84 Å². The van der Waals surface area contributed by atoms with Gasteiger partial charge in [0.05, 0.1) is 5.69 Å². The predicted octanol–water partition coefficient (Wildman–Crippen LogP) is 2.37. The van der Waals surface area contributed by atoms with Crippen LogP contribution in [0, 0.1) is 6.92 Å². The number of aromatic nitrogens is 4. The topological polar surface area (TPSA) is 93.8 Å². The molecule has 0 bridgehead atoms. The zero-order chi connectivity index (χ0) is 17.6. The van der Waals surface area contributed by atoms with E-state index < -0.39 is 0 Å². The second-order valence-corrected chi connectivity index (χ2v) is 5.55. The molecular weight excluding hydrogens is 318 g/mol. The van der Waals surface area contributed by atoms with Crippen molar-refractivity contribution in [2.75, 3.05) is 6.54 Å². The molecular formula is C18H19N5O2. The number of pyridine rings is 1. The second kappa shape index (κ2) is 7.65. The summed E-state index contributed by atoms with van der Waals surface area (Å²) in [6.45, 7) is 4.24. The van der Waals surface area contributed by atoms with E-state index in [9.17, 15) is 4.79 Å². The number of amides is 1. The van der Waals surface area contributed by atoms with Crippen molar-refractivity contribution in [2.45, 2.75) is 26.7 Å². The largest absolute Gasteiger partial charge is 0.361 e. The number of nitrogens with zero attached hydrogens (tertiary/aromatic N) is 4. The van der Waals surface area contributed by atoms with Gasteiger partial charge in [-0.15, -0.1) is 0 Å². The minimum Gasteiger partial charge on any atom is -0.361 e. The fourth-order valence-corrected chi connectivity index (χ4v) is 2.45. The molecule has 1 N–H and O–H groups in total. The van der Waals surface area contributed by atoms with Gasteiger partial charge in [0.25, 0.3) is 5.91 Å². The van der Waals surface area contributed by atoms with Crippen molar-refractivity contribution in [1.29, 1.82) is 0 Å². The molecule has 0 unspecified atom stereocenters. The van der Waals surface area contributed by atoms with Crippen LogP contribution in [0.1, 0.15) is 34.7 Å². The zero-order valence-corrected chi connectivity index (χ0v) is 14.2. The van der Waals surface area contributed by atoms with Crippen molar-refractivity contribution < 1.29 is 9.32 Å². The molecule has 7 nitrogen and oxygen atoms in total. The van der Waals surface area contributed by atoms with Crippen LogP contribution < -0.4 is 5.32 Å². The summed E-state index contributed by atoms with van der Waals surface area (Å²) >= 11 is 0. The molecule has 128 valence electrons. The van der Waals surface area contributed by atoms with Crippen molar-refractivity contribution >= 4 is 5.91 Å². The first-order chi connectivity index (χ1) is 12.2. The standard InChI is InChI=1S/C18H19N5O2/c1-3-14-10-17(23-25-14)18(24)20-9-6-16-15(11-21-12(2)22-16)13-4-7-19-8-5-13/h4-5,7-8,10-11H,3,6,9H2,1-2H3,(H,20,24). The van der Waals surface area contributed by atoms with Crippen LogP contribution in [0.25, 0.3) is 11.1 Å². The molecule has 3 heterocycles. The van der Waals surface area contributed by atoms with Gasteiger partial charge in [-0.2, -0.15) is 0 Å². The number of nitrogens with one attached hydrogen (secondary N) is 1. The van der Waals surface area contributed by atoms with Gasteiger partial charge in [0.1, 0.15) is 11.6 Å². The summed E-state index contributed by atoms with van der Waals surface area (Å²) in [5.41, 5.74) is 3.12. The van der Waals surface area contributed by atoms with Crippen molar-refractivity contribution in [3.63, 3.8) is 0 Å². The van der Waals surface area contributed by atoms with Gasteiger partial charge in [-0.25, -0.2) is 9.97 Å². The van der Waals surface area contributed by atoms with Gasteiger partial charge in [0.15, 0.2) is 5.69 Å². The normalized spacial score (nSPS) is 10.6. The van der Waals surface area contributed by atoms with Crippen LogP contribution in [0.3, 0.4) is 0 Å². The Morgan fingerprint density at radius 2 is 2.08 bits per heavy atom. The molecule has 0 aliphatic rings. The summed E-state index contributed by atoms with van der Waals surface area (Å²) in [7, 11) is 0. The van der Waals surface area contributed by atoms with Crippen LogP contribution in [0.5, 0.6) is 0 Å². The maximum Gasteiger partial charge on any atom is 0.273 e. The Morgan fingerprint density at radius 3 is 2.80 bits per heavy atom. The average molecular weight is 337 g/mol. The monoisotopic (exact) mass is 337 g/mol. The molecule has 3 aromatic rings. The van der Waals surface area contributed by atoms with Crippen LogP contribution >= 0.6 is 0 Å². The van der Waals surface area contributed by atoms with E-state index in [-0.39, 0.29) is 5.91 Å². The van der Waals surface area contributed by atoms with Crippen molar-refractivity contribution in [3.05, 3.63) is 59.8 Å². The van der Waals surface area contributed by atoms with Crippen LogP contribution in [0.4, 0.5) is 0 Å². The van der Waals surface area contributed by atoms with Gasteiger partial charge in [-0.3, -0.25) is 9.78 Å². The van der Waals surface area contributed by atoms with E-state index in [1.807, 2.05) is 26.0 Å². The molecule has 0 spiro atoms. The number of aryl methyl sites for hydroxylation is 2. The molecule has 0 aromatic carbocycles. The van der Waals surface area contributed by atoms with Gasteiger partial charge in [0, 0.05) is 49.6 Å². The summed E-state index contributed by atoms with van der Waals surface area (Å²) in [4.78, 5) is 24.9. The highest BCUT2D eigenvalue weighted by atomic mass is 16.5. The fourth-order valence-electron chi connectivity index (χ4n) is 2.45. The molecule has 0 fully saturated rings. The Morgan fingerprint density at radius 1 is 1.28 bits per heavy atom. The van der Waals surface area contributed by atoms with Crippen molar-refractivity contribution in [1.82, 2.24) is 25.4 Å². The van der Waals surface area contributed by atoms with Gasteiger partial charge in [-0.05, 0) is 24.6 Å². The van der Waals surface area contributed by atoms with E-state index >= 15 is 0 Å². The van der Waals surface area contributed by atoms with Crippen LogP contribution in [0.2, 0.25) is 0 Å². The first-order valence-corrected chi connectivity index (χ1v) is 8.14. The number of rotatable bonds is 6. The van der Waals surface area contributed by atoms with Crippen LogP contribution in [-0.4, -0.2) is 32.6 Å². The van der Waals surface area contributed by atoms with Gasteiger partial charge in [-0.1, -0.05) is 12.1 Å². The summed E-state index contributed by atoms with van der Waals surface area (Å²) in [5.74, 6) is 1.14. The van der Waals surface area contributed by atoms with Crippen molar-refractivity contribution in [3.8, 4) is 11.1 Å². The Bertz CT molecular complexity index is 861.